The quantitative estimate of drug-likeness (QED) is 0.822. The molecule has 1 rings (SSSR count). The molecule has 0 aromatic heterocycles. The van der Waals surface area contributed by atoms with Crippen molar-refractivity contribution in [1.29, 1.82) is 0 Å². The van der Waals surface area contributed by atoms with Gasteiger partial charge in [-0.25, -0.2) is 8.42 Å². The molecule has 0 radical (unpaired) electrons. The Hall–Kier alpha value is -1.07. The minimum absolute atomic E-state index is 0.00352. The van der Waals surface area contributed by atoms with Crippen LogP contribution < -0.4 is 5.73 Å². The van der Waals surface area contributed by atoms with Gasteiger partial charge in [0.1, 0.15) is 0 Å². The van der Waals surface area contributed by atoms with Crippen molar-refractivity contribution < 1.29 is 13.2 Å². The summed E-state index contributed by atoms with van der Waals surface area (Å²) in [7, 11) is -3.36. The Balaban J connectivity index is 3.35. The second kappa shape index (κ2) is 3.59. The zero-order chi connectivity index (χ0) is 10.9. The van der Waals surface area contributed by atoms with E-state index in [1.165, 1.54) is 18.2 Å². The molecule has 0 heterocycles. The predicted octanol–water partition coefficient (Wildman–Crippen LogP) is 0.842. The van der Waals surface area contributed by atoms with Crippen molar-refractivity contribution in [2.45, 2.75) is 4.90 Å². The maximum Gasteiger partial charge on any atom is 0.248 e. The first-order valence-electron chi connectivity index (χ1n) is 3.62. The number of hydrogen-bond donors (Lipinski definition) is 1. The van der Waals surface area contributed by atoms with E-state index < -0.39 is 15.7 Å². The van der Waals surface area contributed by atoms with Gasteiger partial charge in [-0.3, -0.25) is 4.79 Å². The number of hydrogen-bond acceptors (Lipinski definition) is 3. The molecule has 0 saturated carbocycles. The molecule has 14 heavy (non-hydrogen) atoms. The molecule has 2 N–H and O–H groups in total. The summed E-state index contributed by atoms with van der Waals surface area (Å²) in [6.07, 6.45) is 1.04. The zero-order valence-corrected chi connectivity index (χ0v) is 8.89. The normalized spacial score (nSPS) is 11.3. The molecule has 0 aliphatic rings. The number of nitrogens with two attached hydrogens (primary N) is 1. The largest absolute Gasteiger partial charge is 0.366 e. The smallest absolute Gasteiger partial charge is 0.248 e. The van der Waals surface area contributed by atoms with Crippen LogP contribution in [0.4, 0.5) is 0 Å². The van der Waals surface area contributed by atoms with Crippen LogP contribution in [0.3, 0.4) is 0 Å². The molecule has 0 saturated heterocycles. The lowest BCUT2D eigenvalue weighted by molar-refractivity contribution is 0.1000. The highest BCUT2D eigenvalue weighted by molar-refractivity contribution is 7.90. The molecule has 0 atom stereocenters. The predicted molar refractivity (Wildman–Crippen MR) is 53.1 cm³/mol. The van der Waals surface area contributed by atoms with Crippen LogP contribution in [0.5, 0.6) is 0 Å². The molecule has 0 aliphatic carbocycles. The van der Waals surface area contributed by atoms with Crippen molar-refractivity contribution in [1.82, 2.24) is 0 Å². The van der Waals surface area contributed by atoms with E-state index in [0.29, 0.717) is 0 Å². The second-order valence-corrected chi connectivity index (χ2v) is 5.17. The monoisotopic (exact) mass is 233 g/mol. The summed E-state index contributed by atoms with van der Waals surface area (Å²) in [6.45, 7) is 0. The van der Waals surface area contributed by atoms with E-state index in [1.807, 2.05) is 0 Å². The summed E-state index contributed by atoms with van der Waals surface area (Å²) in [4.78, 5) is 10.7. The average Bonchev–Trinajstić information content (AvgIpc) is 2.01. The molecule has 1 amide bonds. The Morgan fingerprint density at radius 1 is 1.43 bits per heavy atom. The Bertz CT molecular complexity index is 481. The molecule has 76 valence electrons. The van der Waals surface area contributed by atoms with E-state index in [2.05, 4.69) is 0 Å². The van der Waals surface area contributed by atoms with E-state index in [0.717, 1.165) is 6.26 Å². The maximum atomic E-state index is 11.1. The number of sulfone groups is 1. The fourth-order valence-electron chi connectivity index (χ4n) is 0.955. The van der Waals surface area contributed by atoms with Crippen molar-refractivity contribution in [3.05, 3.63) is 28.8 Å². The number of rotatable bonds is 2. The first-order valence-corrected chi connectivity index (χ1v) is 5.88. The Morgan fingerprint density at radius 3 is 2.36 bits per heavy atom. The van der Waals surface area contributed by atoms with Crippen molar-refractivity contribution in [3.63, 3.8) is 0 Å². The summed E-state index contributed by atoms with van der Waals surface area (Å²) in [6, 6.07) is 3.82. The minimum Gasteiger partial charge on any atom is -0.366 e. The van der Waals surface area contributed by atoms with Gasteiger partial charge in [0.15, 0.2) is 9.84 Å². The van der Waals surface area contributed by atoms with Crippen molar-refractivity contribution in [2.24, 2.45) is 5.73 Å². The van der Waals surface area contributed by atoms with Gasteiger partial charge in [0.2, 0.25) is 5.91 Å². The van der Waals surface area contributed by atoms with Gasteiger partial charge in [-0.1, -0.05) is 11.6 Å². The summed E-state index contributed by atoms with van der Waals surface area (Å²) in [5.74, 6) is -0.646. The van der Waals surface area contributed by atoms with Crippen molar-refractivity contribution in [3.8, 4) is 0 Å². The van der Waals surface area contributed by atoms with E-state index in [-0.39, 0.29) is 15.5 Å². The lowest BCUT2D eigenvalue weighted by Crippen LogP contribution is -2.11. The lowest BCUT2D eigenvalue weighted by Gasteiger charge is -2.02. The topological polar surface area (TPSA) is 77.2 Å². The third kappa shape index (κ3) is 2.24. The van der Waals surface area contributed by atoms with E-state index in [4.69, 9.17) is 17.3 Å². The zero-order valence-electron chi connectivity index (χ0n) is 7.32. The number of benzene rings is 1. The fraction of sp³-hybridized carbons (Fsp3) is 0.125. The molecule has 0 spiro atoms. The summed E-state index contributed by atoms with van der Waals surface area (Å²) in [5, 5.41) is 0.00352. The number of carbonyl (C=O) groups excluding carboxylic acids is 1. The summed E-state index contributed by atoms with van der Waals surface area (Å²) < 4.78 is 22.3. The first kappa shape index (κ1) is 11.0. The van der Waals surface area contributed by atoms with Gasteiger partial charge in [0.25, 0.3) is 0 Å². The van der Waals surface area contributed by atoms with Gasteiger partial charge < -0.3 is 5.73 Å². The first-order chi connectivity index (χ1) is 6.32. The van der Waals surface area contributed by atoms with Gasteiger partial charge in [-0.05, 0) is 18.2 Å². The average molecular weight is 234 g/mol. The van der Waals surface area contributed by atoms with Crippen LogP contribution in [0.25, 0.3) is 0 Å². The van der Waals surface area contributed by atoms with E-state index in [9.17, 15) is 13.2 Å². The van der Waals surface area contributed by atoms with Crippen LogP contribution in [0, 0.1) is 0 Å². The van der Waals surface area contributed by atoms with Gasteiger partial charge in [0, 0.05) is 11.8 Å². The SMILES string of the molecule is CS(=O)(=O)c1ccc(C(N)=O)cc1Cl. The van der Waals surface area contributed by atoms with Crippen LogP contribution >= 0.6 is 11.6 Å². The van der Waals surface area contributed by atoms with Crippen molar-refractivity contribution in [2.75, 3.05) is 6.26 Å². The molecule has 1 aromatic carbocycles. The van der Waals surface area contributed by atoms with Gasteiger partial charge in [-0.2, -0.15) is 0 Å². The Labute approximate surface area is 86.6 Å². The van der Waals surface area contributed by atoms with E-state index in [1.54, 1.807) is 0 Å². The molecule has 4 nitrogen and oxygen atoms in total. The number of amides is 1. The van der Waals surface area contributed by atoms with Crippen LogP contribution in [-0.4, -0.2) is 20.6 Å². The Morgan fingerprint density at radius 2 is 2.00 bits per heavy atom. The third-order valence-electron chi connectivity index (χ3n) is 1.62. The van der Waals surface area contributed by atoms with Gasteiger partial charge >= 0.3 is 0 Å². The number of carbonyl (C=O) groups is 1. The molecule has 6 heteroatoms. The standard InChI is InChI=1S/C8H8ClNO3S/c1-14(12,13)7-3-2-5(8(10)11)4-6(7)9/h2-4H,1H3,(H2,10,11). The van der Waals surface area contributed by atoms with Gasteiger partial charge in [0.05, 0.1) is 9.92 Å². The summed E-state index contributed by atoms with van der Waals surface area (Å²) in [5.41, 5.74) is 5.18. The lowest BCUT2D eigenvalue weighted by atomic mass is 10.2. The van der Waals surface area contributed by atoms with Crippen LogP contribution in [-0.2, 0) is 9.84 Å². The van der Waals surface area contributed by atoms with Crippen LogP contribution in [0.1, 0.15) is 10.4 Å². The molecule has 0 unspecified atom stereocenters. The summed E-state index contributed by atoms with van der Waals surface area (Å²) >= 11 is 5.67. The molecular formula is C8H8ClNO3S. The van der Waals surface area contributed by atoms with Gasteiger partial charge in [-0.15, -0.1) is 0 Å². The minimum atomic E-state index is -3.36. The van der Waals surface area contributed by atoms with Crippen molar-refractivity contribution >= 4 is 27.3 Å². The molecule has 0 bridgehead atoms. The molecule has 0 aliphatic heterocycles. The van der Waals surface area contributed by atoms with E-state index >= 15 is 0 Å². The maximum absolute atomic E-state index is 11.1. The Kier molecular flexibility index (Phi) is 2.82. The third-order valence-corrected chi connectivity index (χ3v) is 3.20. The van der Waals surface area contributed by atoms with Crippen LogP contribution in [0.2, 0.25) is 5.02 Å². The highest BCUT2D eigenvalue weighted by atomic mass is 35.5. The molecule has 1 aromatic rings. The highest BCUT2D eigenvalue weighted by Crippen LogP contribution is 2.22. The fourth-order valence-corrected chi connectivity index (χ4v) is 2.28. The van der Waals surface area contributed by atoms with Crippen LogP contribution in [0.15, 0.2) is 23.1 Å². The second-order valence-electron chi connectivity index (χ2n) is 2.78. The molecule has 0 fully saturated rings. The highest BCUT2D eigenvalue weighted by Gasteiger charge is 2.13. The number of halogens is 1. The number of primary amides is 1. The molecular weight excluding hydrogens is 226 g/mol.